The van der Waals surface area contributed by atoms with Gasteiger partial charge in [0.25, 0.3) is 0 Å². The summed E-state index contributed by atoms with van der Waals surface area (Å²) >= 11 is 1.22. The standard InChI is InChI=1S/C13H22N4O3S/c1-7-10(8(2)17(5)16-7)15-9(18)6-21-13(3,4)11(14)12(19)20/h11H,6,14H2,1-5H3,(H,15,18)(H,19,20)/t11-/m1/s1. The first-order chi connectivity index (χ1) is 9.56. The summed E-state index contributed by atoms with van der Waals surface area (Å²) in [5.41, 5.74) is 7.93. The van der Waals surface area contributed by atoms with Gasteiger partial charge in [0, 0.05) is 11.8 Å². The van der Waals surface area contributed by atoms with Crippen molar-refractivity contribution in [2.24, 2.45) is 12.8 Å². The van der Waals surface area contributed by atoms with Gasteiger partial charge in [-0.25, -0.2) is 0 Å². The van der Waals surface area contributed by atoms with Crippen LogP contribution in [-0.2, 0) is 16.6 Å². The first-order valence-electron chi connectivity index (χ1n) is 6.48. The highest BCUT2D eigenvalue weighted by atomic mass is 32.2. The Kier molecular flexibility index (Phi) is 5.41. The summed E-state index contributed by atoms with van der Waals surface area (Å²) in [5.74, 6) is -1.15. The highest BCUT2D eigenvalue weighted by Crippen LogP contribution is 2.28. The van der Waals surface area contributed by atoms with Crippen molar-refractivity contribution < 1.29 is 14.7 Å². The Hall–Kier alpha value is -1.54. The summed E-state index contributed by atoms with van der Waals surface area (Å²) in [6.45, 7) is 7.11. The first-order valence-corrected chi connectivity index (χ1v) is 7.47. The molecule has 0 saturated heterocycles. The molecule has 1 rings (SSSR count). The Morgan fingerprint density at radius 1 is 1.48 bits per heavy atom. The van der Waals surface area contributed by atoms with E-state index in [9.17, 15) is 9.59 Å². The zero-order valence-electron chi connectivity index (χ0n) is 12.9. The van der Waals surface area contributed by atoms with Crippen molar-refractivity contribution in [3.8, 4) is 0 Å². The quantitative estimate of drug-likeness (QED) is 0.719. The van der Waals surface area contributed by atoms with Gasteiger partial charge in [-0.2, -0.15) is 5.10 Å². The third kappa shape index (κ3) is 4.21. The van der Waals surface area contributed by atoms with Gasteiger partial charge in [-0.05, 0) is 27.7 Å². The lowest BCUT2D eigenvalue weighted by Gasteiger charge is -2.27. The number of carbonyl (C=O) groups is 2. The van der Waals surface area contributed by atoms with E-state index in [1.165, 1.54) is 11.8 Å². The second-order valence-corrected chi connectivity index (χ2v) is 7.06. The summed E-state index contributed by atoms with van der Waals surface area (Å²) in [6, 6.07) is -1.03. The number of anilines is 1. The van der Waals surface area contributed by atoms with Crippen LogP contribution in [0.3, 0.4) is 0 Å². The van der Waals surface area contributed by atoms with Crippen LogP contribution in [0.4, 0.5) is 5.69 Å². The number of carboxylic acids is 1. The average Bonchev–Trinajstić information content (AvgIpc) is 2.62. The Morgan fingerprint density at radius 3 is 2.48 bits per heavy atom. The monoisotopic (exact) mass is 314 g/mol. The minimum atomic E-state index is -1.08. The van der Waals surface area contributed by atoms with Crippen LogP contribution in [0, 0.1) is 13.8 Å². The van der Waals surface area contributed by atoms with Crippen LogP contribution in [-0.4, -0.2) is 43.3 Å². The lowest BCUT2D eigenvalue weighted by molar-refractivity contribution is -0.139. The van der Waals surface area contributed by atoms with Gasteiger partial charge in [-0.15, -0.1) is 11.8 Å². The van der Waals surface area contributed by atoms with Crippen LogP contribution in [0.5, 0.6) is 0 Å². The zero-order chi connectivity index (χ0) is 16.4. The molecule has 1 aromatic rings. The van der Waals surface area contributed by atoms with E-state index < -0.39 is 16.8 Å². The van der Waals surface area contributed by atoms with E-state index in [0.717, 1.165) is 11.4 Å². The summed E-state index contributed by atoms with van der Waals surface area (Å²) < 4.78 is 0.963. The number of aromatic nitrogens is 2. The molecule has 0 aliphatic rings. The van der Waals surface area contributed by atoms with Gasteiger partial charge in [0.1, 0.15) is 6.04 Å². The topological polar surface area (TPSA) is 110 Å². The highest BCUT2D eigenvalue weighted by Gasteiger charge is 2.33. The molecule has 7 nitrogen and oxygen atoms in total. The number of carboxylic acid groups (broad SMARTS) is 1. The fourth-order valence-corrected chi connectivity index (χ4v) is 2.62. The van der Waals surface area contributed by atoms with Gasteiger partial charge < -0.3 is 16.2 Å². The predicted molar refractivity (Wildman–Crippen MR) is 83.5 cm³/mol. The molecule has 0 aromatic carbocycles. The number of nitrogens with two attached hydrogens (primary N) is 1. The van der Waals surface area contributed by atoms with Crippen molar-refractivity contribution in [3.63, 3.8) is 0 Å². The summed E-state index contributed by atoms with van der Waals surface area (Å²) in [7, 11) is 1.81. The summed E-state index contributed by atoms with van der Waals surface area (Å²) in [6.07, 6.45) is 0. The van der Waals surface area contributed by atoms with E-state index in [2.05, 4.69) is 10.4 Å². The van der Waals surface area contributed by atoms with Crippen LogP contribution in [0.1, 0.15) is 25.2 Å². The molecule has 0 fully saturated rings. The smallest absolute Gasteiger partial charge is 0.321 e. The number of aliphatic carboxylic acids is 1. The molecule has 0 spiro atoms. The van der Waals surface area contributed by atoms with Crippen molar-refractivity contribution in [3.05, 3.63) is 11.4 Å². The highest BCUT2D eigenvalue weighted by molar-refractivity contribution is 8.01. The molecule has 0 bridgehead atoms. The maximum atomic E-state index is 12.0. The van der Waals surface area contributed by atoms with Crippen LogP contribution >= 0.6 is 11.8 Å². The summed E-state index contributed by atoms with van der Waals surface area (Å²) in [5, 5.41) is 16.0. The molecule has 1 atom stereocenters. The van der Waals surface area contributed by atoms with Crippen molar-refractivity contribution >= 4 is 29.3 Å². The van der Waals surface area contributed by atoms with Gasteiger partial charge in [-0.1, -0.05) is 0 Å². The lowest BCUT2D eigenvalue weighted by atomic mass is 10.1. The summed E-state index contributed by atoms with van der Waals surface area (Å²) in [4.78, 5) is 22.9. The lowest BCUT2D eigenvalue weighted by Crippen LogP contribution is -2.47. The molecule has 0 saturated carbocycles. The molecule has 0 radical (unpaired) electrons. The number of thioether (sulfide) groups is 1. The number of nitrogens with one attached hydrogen (secondary N) is 1. The molecule has 1 amide bonds. The first kappa shape index (κ1) is 17.5. The van der Waals surface area contributed by atoms with Crippen LogP contribution in [0.15, 0.2) is 0 Å². The number of hydrogen-bond donors (Lipinski definition) is 3. The van der Waals surface area contributed by atoms with Gasteiger partial charge >= 0.3 is 5.97 Å². The van der Waals surface area contributed by atoms with Crippen LogP contribution < -0.4 is 11.1 Å². The second kappa shape index (κ2) is 6.48. The normalized spacial score (nSPS) is 13.0. The number of nitrogens with zero attached hydrogens (tertiary/aromatic N) is 2. The SMILES string of the molecule is Cc1nn(C)c(C)c1NC(=O)CSC(C)(C)[C@H](N)C(=O)O. The fourth-order valence-electron chi connectivity index (χ4n) is 1.77. The minimum absolute atomic E-state index is 0.127. The molecule has 118 valence electrons. The largest absolute Gasteiger partial charge is 0.480 e. The molecular weight excluding hydrogens is 292 g/mol. The Labute approximate surface area is 128 Å². The molecular formula is C13H22N4O3S. The van der Waals surface area contributed by atoms with E-state index in [-0.39, 0.29) is 11.7 Å². The van der Waals surface area contributed by atoms with Gasteiger partial charge in [0.15, 0.2) is 0 Å². The van der Waals surface area contributed by atoms with E-state index >= 15 is 0 Å². The molecule has 0 unspecified atom stereocenters. The number of amides is 1. The molecule has 0 aliphatic heterocycles. The second-order valence-electron chi connectivity index (χ2n) is 5.43. The third-order valence-corrected chi connectivity index (χ3v) is 4.77. The van der Waals surface area contributed by atoms with Crippen molar-refractivity contribution in [1.29, 1.82) is 0 Å². The third-order valence-electron chi connectivity index (χ3n) is 3.36. The number of aryl methyl sites for hydroxylation is 2. The molecule has 1 heterocycles. The van der Waals surface area contributed by atoms with Gasteiger partial charge in [0.05, 0.1) is 22.8 Å². The van der Waals surface area contributed by atoms with Crippen molar-refractivity contribution in [2.75, 3.05) is 11.1 Å². The van der Waals surface area contributed by atoms with Crippen molar-refractivity contribution in [1.82, 2.24) is 9.78 Å². The number of rotatable bonds is 6. The minimum Gasteiger partial charge on any atom is -0.480 e. The molecule has 0 aliphatic carbocycles. The predicted octanol–water partition coefficient (Wildman–Crippen LogP) is 0.899. The maximum Gasteiger partial charge on any atom is 0.321 e. The van der Waals surface area contributed by atoms with Crippen LogP contribution in [0.25, 0.3) is 0 Å². The zero-order valence-corrected chi connectivity index (χ0v) is 13.7. The Bertz CT molecular complexity index is 554. The molecule has 8 heteroatoms. The van der Waals surface area contributed by atoms with Crippen LogP contribution in [0.2, 0.25) is 0 Å². The number of carbonyl (C=O) groups excluding carboxylic acids is 1. The van der Waals surface area contributed by atoms with E-state index in [4.69, 9.17) is 10.8 Å². The fraction of sp³-hybridized carbons (Fsp3) is 0.615. The molecule has 4 N–H and O–H groups in total. The van der Waals surface area contributed by atoms with E-state index in [0.29, 0.717) is 5.69 Å². The van der Waals surface area contributed by atoms with E-state index in [1.807, 2.05) is 20.9 Å². The number of hydrogen-bond acceptors (Lipinski definition) is 5. The molecule has 21 heavy (non-hydrogen) atoms. The maximum absolute atomic E-state index is 12.0. The molecule has 1 aromatic heterocycles. The Morgan fingerprint density at radius 2 is 2.05 bits per heavy atom. The van der Waals surface area contributed by atoms with Crippen molar-refractivity contribution in [2.45, 2.75) is 38.5 Å². The van der Waals surface area contributed by atoms with Gasteiger partial charge in [-0.3, -0.25) is 14.3 Å². The average molecular weight is 314 g/mol. The Balaban J connectivity index is 2.65. The van der Waals surface area contributed by atoms with E-state index in [1.54, 1.807) is 18.5 Å². The van der Waals surface area contributed by atoms with Gasteiger partial charge in [0.2, 0.25) is 5.91 Å².